The van der Waals surface area contributed by atoms with E-state index in [9.17, 15) is 9.90 Å². The maximum Gasteiger partial charge on any atom is 0.310 e. The minimum atomic E-state index is -0.778. The number of ether oxygens (including phenoxy) is 1. The normalized spacial score (nSPS) is 23.1. The summed E-state index contributed by atoms with van der Waals surface area (Å²) in [6, 6.07) is -0.0653. The molecule has 0 amide bonds. The number of carboxylic acids is 1. The van der Waals surface area contributed by atoms with Crippen molar-refractivity contribution in [3.8, 4) is 0 Å². The van der Waals surface area contributed by atoms with E-state index in [2.05, 4.69) is 21.4 Å². The average molecular weight is 267 g/mol. The van der Waals surface area contributed by atoms with Crippen LogP contribution in [0.15, 0.2) is 12.4 Å². The van der Waals surface area contributed by atoms with Gasteiger partial charge in [0, 0.05) is 25.0 Å². The highest BCUT2D eigenvalue weighted by atomic mass is 16.5. The van der Waals surface area contributed by atoms with Crippen LogP contribution in [0, 0.1) is 5.92 Å². The third-order valence-corrected chi connectivity index (χ3v) is 3.73. The van der Waals surface area contributed by atoms with E-state index >= 15 is 0 Å². The summed E-state index contributed by atoms with van der Waals surface area (Å²) in [4.78, 5) is 17.7. The van der Waals surface area contributed by atoms with Crippen LogP contribution in [-0.4, -0.2) is 51.3 Å². The predicted molar refractivity (Wildman–Crippen MR) is 69.7 cm³/mol. The first kappa shape index (κ1) is 14.0. The topological polar surface area (TPSA) is 67.6 Å². The maximum atomic E-state index is 11.2. The zero-order valence-corrected chi connectivity index (χ0v) is 11.5. The number of imidazole rings is 1. The predicted octanol–water partition coefficient (Wildman–Crippen LogP) is 0.825. The molecule has 0 aromatic carbocycles. The van der Waals surface area contributed by atoms with Gasteiger partial charge < -0.3 is 14.4 Å². The number of rotatable bonds is 6. The zero-order chi connectivity index (χ0) is 13.8. The summed E-state index contributed by atoms with van der Waals surface area (Å²) in [7, 11) is 0. The first-order valence-corrected chi connectivity index (χ1v) is 6.72. The van der Waals surface area contributed by atoms with E-state index in [0.29, 0.717) is 19.8 Å². The van der Waals surface area contributed by atoms with E-state index in [1.54, 1.807) is 6.20 Å². The van der Waals surface area contributed by atoms with Crippen LogP contribution in [0.1, 0.15) is 19.7 Å². The molecule has 2 unspecified atom stereocenters. The Bertz CT molecular complexity index is 433. The first-order valence-electron chi connectivity index (χ1n) is 6.72. The third kappa shape index (κ3) is 2.96. The molecule has 1 aliphatic rings. The van der Waals surface area contributed by atoms with Gasteiger partial charge in [-0.3, -0.25) is 9.69 Å². The van der Waals surface area contributed by atoms with Crippen LogP contribution in [0.3, 0.4) is 0 Å². The second kappa shape index (κ2) is 6.16. The molecule has 1 aromatic rings. The van der Waals surface area contributed by atoms with Crippen LogP contribution in [0.5, 0.6) is 0 Å². The van der Waals surface area contributed by atoms with E-state index < -0.39 is 11.9 Å². The molecule has 0 spiro atoms. The van der Waals surface area contributed by atoms with Crippen molar-refractivity contribution in [2.75, 3.05) is 19.8 Å². The van der Waals surface area contributed by atoms with Crippen molar-refractivity contribution < 1.29 is 14.6 Å². The standard InChI is InChI=1S/C13H21N3O3/c1-3-15-6-5-14-12(15)7-16(4-2)11-9-19-8-10(11)13(17)18/h5-6,10-11H,3-4,7-9H2,1-2H3,(H,17,18). The van der Waals surface area contributed by atoms with Gasteiger partial charge >= 0.3 is 5.97 Å². The van der Waals surface area contributed by atoms with E-state index in [1.807, 2.05) is 13.1 Å². The fourth-order valence-corrected chi connectivity index (χ4v) is 2.56. The highest BCUT2D eigenvalue weighted by Crippen LogP contribution is 2.21. The largest absolute Gasteiger partial charge is 0.481 e. The number of hydrogen-bond acceptors (Lipinski definition) is 4. The molecular weight excluding hydrogens is 246 g/mol. The SMILES string of the molecule is CCN(Cc1nccn1CC)C1COCC1C(=O)O. The average Bonchev–Trinajstić information content (AvgIpc) is 3.04. The smallest absolute Gasteiger partial charge is 0.310 e. The molecule has 0 bridgehead atoms. The number of hydrogen-bond donors (Lipinski definition) is 1. The van der Waals surface area contributed by atoms with E-state index in [-0.39, 0.29) is 6.04 Å². The lowest BCUT2D eigenvalue weighted by Gasteiger charge is -2.28. The second-order valence-electron chi connectivity index (χ2n) is 4.74. The maximum absolute atomic E-state index is 11.2. The molecule has 2 rings (SSSR count). The molecule has 1 saturated heterocycles. The Balaban J connectivity index is 2.09. The quantitative estimate of drug-likeness (QED) is 0.826. The summed E-state index contributed by atoms with van der Waals surface area (Å²) >= 11 is 0. The molecule has 0 radical (unpaired) electrons. The van der Waals surface area contributed by atoms with Crippen LogP contribution in [0.2, 0.25) is 0 Å². The van der Waals surface area contributed by atoms with Gasteiger partial charge in [-0.05, 0) is 13.5 Å². The number of aryl methyl sites for hydroxylation is 1. The van der Waals surface area contributed by atoms with Gasteiger partial charge in [0.05, 0.1) is 25.7 Å². The molecule has 1 N–H and O–H groups in total. The lowest BCUT2D eigenvalue weighted by Crippen LogP contribution is -2.43. The Labute approximate surface area is 113 Å². The number of nitrogens with zero attached hydrogens (tertiary/aromatic N) is 3. The summed E-state index contributed by atoms with van der Waals surface area (Å²) in [5.74, 6) is -0.245. The van der Waals surface area contributed by atoms with Gasteiger partial charge in [-0.15, -0.1) is 0 Å². The molecule has 0 aliphatic carbocycles. The molecule has 2 atom stereocenters. The summed E-state index contributed by atoms with van der Waals surface area (Å²) in [6.07, 6.45) is 3.73. The van der Waals surface area contributed by atoms with Crippen LogP contribution in [-0.2, 0) is 22.6 Å². The monoisotopic (exact) mass is 267 g/mol. The fraction of sp³-hybridized carbons (Fsp3) is 0.692. The lowest BCUT2D eigenvalue weighted by molar-refractivity contribution is -0.143. The molecule has 1 aliphatic heterocycles. The molecule has 1 fully saturated rings. The van der Waals surface area contributed by atoms with Gasteiger partial charge in [0.25, 0.3) is 0 Å². The molecule has 106 valence electrons. The van der Waals surface area contributed by atoms with Crippen molar-refractivity contribution in [2.45, 2.75) is 33.0 Å². The summed E-state index contributed by atoms with van der Waals surface area (Å²) in [5.41, 5.74) is 0. The van der Waals surface area contributed by atoms with Crippen molar-refractivity contribution in [1.82, 2.24) is 14.5 Å². The van der Waals surface area contributed by atoms with Crippen molar-refractivity contribution in [1.29, 1.82) is 0 Å². The van der Waals surface area contributed by atoms with Crippen molar-refractivity contribution >= 4 is 5.97 Å². The minimum Gasteiger partial charge on any atom is -0.481 e. The molecule has 19 heavy (non-hydrogen) atoms. The van der Waals surface area contributed by atoms with Gasteiger partial charge in [0.1, 0.15) is 5.82 Å². The van der Waals surface area contributed by atoms with Crippen LogP contribution < -0.4 is 0 Å². The Morgan fingerprint density at radius 2 is 2.37 bits per heavy atom. The van der Waals surface area contributed by atoms with E-state index in [4.69, 9.17) is 4.74 Å². The summed E-state index contributed by atoms with van der Waals surface area (Å²) in [6.45, 7) is 7.22. The molecular formula is C13H21N3O3. The molecule has 6 nitrogen and oxygen atoms in total. The van der Waals surface area contributed by atoms with Crippen LogP contribution in [0.4, 0.5) is 0 Å². The van der Waals surface area contributed by atoms with Gasteiger partial charge in [0.2, 0.25) is 0 Å². The molecule has 6 heteroatoms. The number of carboxylic acid groups (broad SMARTS) is 1. The number of aromatic nitrogens is 2. The highest BCUT2D eigenvalue weighted by molar-refractivity contribution is 5.71. The Morgan fingerprint density at radius 3 is 3.00 bits per heavy atom. The lowest BCUT2D eigenvalue weighted by atomic mass is 10.0. The van der Waals surface area contributed by atoms with Crippen LogP contribution >= 0.6 is 0 Å². The minimum absolute atomic E-state index is 0.0653. The molecule has 2 heterocycles. The van der Waals surface area contributed by atoms with Crippen molar-refractivity contribution in [3.05, 3.63) is 18.2 Å². The van der Waals surface area contributed by atoms with Crippen molar-refractivity contribution in [2.24, 2.45) is 5.92 Å². The fourth-order valence-electron chi connectivity index (χ4n) is 2.56. The van der Waals surface area contributed by atoms with Crippen molar-refractivity contribution in [3.63, 3.8) is 0 Å². The van der Waals surface area contributed by atoms with Gasteiger partial charge in [-0.25, -0.2) is 4.98 Å². The number of aliphatic carboxylic acids is 1. The molecule has 1 aromatic heterocycles. The Kier molecular flexibility index (Phi) is 4.55. The summed E-state index contributed by atoms with van der Waals surface area (Å²) in [5, 5.41) is 9.23. The van der Waals surface area contributed by atoms with E-state index in [1.165, 1.54) is 0 Å². The number of likely N-dealkylation sites (N-methyl/N-ethyl adjacent to an activating group) is 1. The van der Waals surface area contributed by atoms with E-state index in [0.717, 1.165) is 18.9 Å². The molecule has 0 saturated carbocycles. The van der Waals surface area contributed by atoms with Gasteiger partial charge in [-0.2, -0.15) is 0 Å². The Hall–Kier alpha value is -1.40. The van der Waals surface area contributed by atoms with Gasteiger partial charge in [-0.1, -0.05) is 6.92 Å². The number of carbonyl (C=O) groups is 1. The third-order valence-electron chi connectivity index (χ3n) is 3.73. The zero-order valence-electron chi connectivity index (χ0n) is 11.5. The second-order valence-corrected chi connectivity index (χ2v) is 4.74. The Morgan fingerprint density at radius 1 is 1.58 bits per heavy atom. The van der Waals surface area contributed by atoms with Gasteiger partial charge in [0.15, 0.2) is 0 Å². The summed E-state index contributed by atoms with van der Waals surface area (Å²) < 4.78 is 7.42. The first-order chi connectivity index (χ1) is 9.17. The highest BCUT2D eigenvalue weighted by Gasteiger charge is 2.37. The van der Waals surface area contributed by atoms with Crippen LogP contribution in [0.25, 0.3) is 0 Å².